The third-order valence-corrected chi connectivity index (χ3v) is 3.87. The van der Waals surface area contributed by atoms with Crippen LogP contribution in [0, 0.1) is 0 Å². The maximum absolute atomic E-state index is 12.8. The molecule has 122 valence electrons. The molecule has 24 heavy (non-hydrogen) atoms. The van der Waals surface area contributed by atoms with Crippen LogP contribution in [0.15, 0.2) is 40.8 Å². The van der Waals surface area contributed by atoms with Gasteiger partial charge in [-0.2, -0.15) is 0 Å². The van der Waals surface area contributed by atoms with Crippen LogP contribution in [-0.2, 0) is 0 Å². The smallest absolute Gasteiger partial charge is 0.316 e. The lowest BCUT2D eigenvalue weighted by Gasteiger charge is -2.05. The normalized spacial score (nSPS) is 10.8. The summed E-state index contributed by atoms with van der Waals surface area (Å²) in [5.41, 5.74) is 5.58. The third-order valence-electron chi connectivity index (χ3n) is 3.30. The number of aromatic hydroxyl groups is 1. The van der Waals surface area contributed by atoms with Crippen LogP contribution in [0.25, 0.3) is 11.0 Å². The van der Waals surface area contributed by atoms with Crippen LogP contribution in [0.5, 0.6) is 5.75 Å². The van der Waals surface area contributed by atoms with E-state index >= 15 is 0 Å². The van der Waals surface area contributed by atoms with Gasteiger partial charge in [0.05, 0.1) is 5.02 Å². The van der Waals surface area contributed by atoms with E-state index in [0.717, 1.165) is 0 Å². The molecule has 4 N–H and O–H groups in total. The first-order valence-electron chi connectivity index (χ1n) is 6.68. The number of halogens is 2. The molecule has 2 aromatic carbocycles. The third kappa shape index (κ3) is 2.89. The number of rotatable bonds is 3. The molecule has 0 unspecified atom stereocenters. The molecule has 0 radical (unpaired) electrons. The number of nitrogens with one attached hydrogen (secondary N) is 1. The minimum atomic E-state index is -0.864. The zero-order valence-electron chi connectivity index (χ0n) is 12.0. The zero-order chi connectivity index (χ0) is 17.4. The lowest BCUT2D eigenvalue weighted by atomic mass is 10.1. The fourth-order valence-electron chi connectivity index (χ4n) is 2.29. The molecule has 0 aliphatic rings. The Morgan fingerprint density at radius 1 is 1.12 bits per heavy atom. The fraction of sp³-hybridized carbons (Fsp3) is 0. The number of benzene rings is 2. The standard InChI is InChI=1S/C16H10Cl2N2O4/c17-7-1-4-11(18)10(5-7)14(22)15-13(20-16(19)23)9-3-2-8(21)6-12(9)24-15/h1-6,21H,(H3,19,20,23). The van der Waals surface area contributed by atoms with Gasteiger partial charge in [-0.15, -0.1) is 0 Å². The Morgan fingerprint density at radius 2 is 1.88 bits per heavy atom. The van der Waals surface area contributed by atoms with Gasteiger partial charge in [0.25, 0.3) is 0 Å². The molecule has 0 saturated heterocycles. The number of anilines is 1. The van der Waals surface area contributed by atoms with Gasteiger partial charge in [-0.1, -0.05) is 23.2 Å². The van der Waals surface area contributed by atoms with Crippen molar-refractivity contribution in [3.63, 3.8) is 0 Å². The van der Waals surface area contributed by atoms with E-state index < -0.39 is 11.8 Å². The first-order valence-corrected chi connectivity index (χ1v) is 7.44. The van der Waals surface area contributed by atoms with Crippen molar-refractivity contribution >= 4 is 51.7 Å². The monoisotopic (exact) mass is 364 g/mol. The van der Waals surface area contributed by atoms with Crippen LogP contribution >= 0.6 is 23.2 Å². The number of nitrogens with two attached hydrogens (primary N) is 1. The lowest BCUT2D eigenvalue weighted by Crippen LogP contribution is -2.20. The van der Waals surface area contributed by atoms with E-state index in [-0.39, 0.29) is 33.4 Å². The SMILES string of the molecule is NC(=O)Nc1c(C(=O)c2cc(Cl)ccc2Cl)oc2cc(O)ccc12. The fourth-order valence-corrected chi connectivity index (χ4v) is 2.66. The number of hydrogen-bond donors (Lipinski definition) is 3. The molecule has 0 saturated carbocycles. The van der Waals surface area contributed by atoms with E-state index in [1.54, 1.807) is 6.07 Å². The molecule has 0 aliphatic carbocycles. The van der Waals surface area contributed by atoms with E-state index in [2.05, 4.69) is 5.32 Å². The summed E-state index contributed by atoms with van der Waals surface area (Å²) in [7, 11) is 0. The van der Waals surface area contributed by atoms with Gasteiger partial charge in [-0.25, -0.2) is 4.79 Å². The number of carbonyl (C=O) groups is 2. The number of furan rings is 1. The predicted molar refractivity (Wildman–Crippen MR) is 91.0 cm³/mol. The lowest BCUT2D eigenvalue weighted by molar-refractivity contribution is 0.101. The molecule has 0 fully saturated rings. The summed E-state index contributed by atoms with van der Waals surface area (Å²) in [6.07, 6.45) is 0. The second-order valence-corrected chi connectivity index (χ2v) is 5.77. The number of amides is 2. The van der Waals surface area contributed by atoms with Crippen LogP contribution in [0.1, 0.15) is 16.1 Å². The number of urea groups is 1. The summed E-state index contributed by atoms with van der Waals surface area (Å²) in [6.45, 7) is 0. The average Bonchev–Trinajstić information content (AvgIpc) is 2.86. The molecule has 1 heterocycles. The number of fused-ring (bicyclic) bond motifs is 1. The quantitative estimate of drug-likeness (QED) is 0.606. The molecule has 6 nitrogen and oxygen atoms in total. The van der Waals surface area contributed by atoms with Crippen molar-refractivity contribution in [2.45, 2.75) is 0 Å². The second-order valence-electron chi connectivity index (χ2n) is 4.93. The maximum atomic E-state index is 12.8. The van der Waals surface area contributed by atoms with E-state index in [4.69, 9.17) is 33.4 Å². The van der Waals surface area contributed by atoms with Crippen molar-refractivity contribution in [1.82, 2.24) is 0 Å². The Balaban J connectivity index is 2.22. The number of phenolic OH excluding ortho intramolecular Hbond substituents is 1. The van der Waals surface area contributed by atoms with Crippen molar-refractivity contribution in [2.75, 3.05) is 5.32 Å². The van der Waals surface area contributed by atoms with E-state index in [0.29, 0.717) is 10.4 Å². The van der Waals surface area contributed by atoms with Crippen LogP contribution in [0.4, 0.5) is 10.5 Å². The van der Waals surface area contributed by atoms with Gasteiger partial charge in [0, 0.05) is 22.0 Å². The number of ketones is 1. The Kier molecular flexibility index (Phi) is 4.09. The summed E-state index contributed by atoms with van der Waals surface area (Å²) in [4.78, 5) is 24.1. The van der Waals surface area contributed by atoms with Crippen molar-refractivity contribution in [2.24, 2.45) is 5.73 Å². The number of hydrogen-bond acceptors (Lipinski definition) is 4. The number of carbonyl (C=O) groups excluding carboxylic acids is 2. The van der Waals surface area contributed by atoms with Crippen molar-refractivity contribution in [3.05, 3.63) is 57.8 Å². The first-order chi connectivity index (χ1) is 11.4. The minimum Gasteiger partial charge on any atom is -0.508 e. The highest BCUT2D eigenvalue weighted by atomic mass is 35.5. The summed E-state index contributed by atoms with van der Waals surface area (Å²) >= 11 is 12.0. The van der Waals surface area contributed by atoms with Gasteiger partial charge >= 0.3 is 6.03 Å². The molecule has 2 amide bonds. The molecule has 0 atom stereocenters. The molecule has 0 aliphatic heterocycles. The van der Waals surface area contributed by atoms with Crippen molar-refractivity contribution in [3.8, 4) is 5.75 Å². The maximum Gasteiger partial charge on any atom is 0.316 e. The van der Waals surface area contributed by atoms with Crippen LogP contribution < -0.4 is 11.1 Å². The van der Waals surface area contributed by atoms with Crippen LogP contribution in [-0.4, -0.2) is 16.9 Å². The molecule has 3 aromatic rings. The van der Waals surface area contributed by atoms with Gasteiger partial charge in [0.2, 0.25) is 5.78 Å². The van der Waals surface area contributed by atoms with Gasteiger partial charge in [-0.05, 0) is 30.3 Å². The molecule has 0 spiro atoms. The van der Waals surface area contributed by atoms with E-state index in [9.17, 15) is 14.7 Å². The summed E-state index contributed by atoms with van der Waals surface area (Å²) in [5, 5.41) is 12.8. The number of phenols is 1. The molecule has 1 aromatic heterocycles. The average molecular weight is 365 g/mol. The second kappa shape index (κ2) is 6.07. The van der Waals surface area contributed by atoms with Crippen molar-refractivity contribution < 1.29 is 19.1 Å². The Morgan fingerprint density at radius 3 is 2.58 bits per heavy atom. The molecule has 3 rings (SSSR count). The minimum absolute atomic E-state index is 0.0540. The summed E-state index contributed by atoms with van der Waals surface area (Å²) < 4.78 is 5.51. The van der Waals surface area contributed by atoms with Crippen LogP contribution in [0.2, 0.25) is 10.0 Å². The molecule has 8 heteroatoms. The number of primary amides is 1. The molecular formula is C16H10Cl2N2O4. The first kappa shape index (κ1) is 16.2. The largest absolute Gasteiger partial charge is 0.508 e. The Bertz CT molecular complexity index is 982. The molecular weight excluding hydrogens is 355 g/mol. The van der Waals surface area contributed by atoms with E-state index in [1.807, 2.05) is 0 Å². The zero-order valence-corrected chi connectivity index (χ0v) is 13.5. The summed E-state index contributed by atoms with van der Waals surface area (Å²) in [6, 6.07) is 7.76. The Hall–Kier alpha value is -2.70. The van der Waals surface area contributed by atoms with Gasteiger partial charge in [0.15, 0.2) is 5.76 Å². The highest BCUT2D eigenvalue weighted by Gasteiger charge is 2.25. The highest BCUT2D eigenvalue weighted by Crippen LogP contribution is 2.35. The Labute approximate surface area is 145 Å². The van der Waals surface area contributed by atoms with E-state index in [1.165, 1.54) is 30.3 Å². The topological polar surface area (TPSA) is 106 Å². The highest BCUT2D eigenvalue weighted by molar-refractivity contribution is 6.37. The van der Waals surface area contributed by atoms with Gasteiger partial charge < -0.3 is 20.6 Å². The van der Waals surface area contributed by atoms with Crippen molar-refractivity contribution in [1.29, 1.82) is 0 Å². The van der Waals surface area contributed by atoms with Gasteiger partial charge in [0.1, 0.15) is 17.0 Å². The summed E-state index contributed by atoms with van der Waals surface area (Å²) in [5.74, 6) is -0.804. The van der Waals surface area contributed by atoms with Gasteiger partial charge in [-0.3, -0.25) is 4.79 Å². The predicted octanol–water partition coefficient (Wildman–Crippen LogP) is 4.17. The van der Waals surface area contributed by atoms with Crippen LogP contribution in [0.3, 0.4) is 0 Å². The molecule has 0 bridgehead atoms.